The zero-order valence-corrected chi connectivity index (χ0v) is 9.25. The summed E-state index contributed by atoms with van der Waals surface area (Å²) < 4.78 is 4.96. The van der Waals surface area contributed by atoms with Gasteiger partial charge in [0.15, 0.2) is 5.76 Å². The molecule has 1 N–H and O–H groups in total. The van der Waals surface area contributed by atoms with Gasteiger partial charge in [-0.15, -0.1) is 0 Å². The number of hydrogen-bond donors (Lipinski definition) is 1. The third kappa shape index (κ3) is 2.42. The molecule has 2 rings (SSSR count). The number of benzene rings is 1. The molecule has 0 aliphatic heterocycles. The molecule has 0 radical (unpaired) electrons. The topological polar surface area (TPSA) is 63.3 Å². The summed E-state index contributed by atoms with van der Waals surface area (Å²) in [5, 5.41) is 12.5. The Labute approximate surface area is 98.2 Å². The highest BCUT2D eigenvalue weighted by Gasteiger charge is 2.16. The smallest absolute Gasteiger partial charge is 0.341 e. The van der Waals surface area contributed by atoms with Crippen LogP contribution in [0.15, 0.2) is 41.1 Å². The van der Waals surface area contributed by atoms with Crippen LogP contribution in [0.2, 0.25) is 0 Å². The van der Waals surface area contributed by atoms with Gasteiger partial charge in [-0.05, 0) is 24.1 Å². The first-order valence-electron chi connectivity index (χ1n) is 5.10. The number of rotatable bonds is 3. The Bertz CT molecular complexity index is 555. The molecular weight excluding hydrogens is 218 g/mol. The Hall–Kier alpha value is -2.36. The first-order valence-corrected chi connectivity index (χ1v) is 5.10. The molecule has 2 aromatic rings. The van der Waals surface area contributed by atoms with Crippen molar-refractivity contribution in [1.29, 1.82) is 0 Å². The van der Waals surface area contributed by atoms with E-state index in [1.54, 1.807) is 6.92 Å². The van der Waals surface area contributed by atoms with Crippen molar-refractivity contribution in [2.45, 2.75) is 6.92 Å². The van der Waals surface area contributed by atoms with Crippen molar-refractivity contribution in [3.05, 3.63) is 53.4 Å². The molecule has 0 atom stereocenters. The highest BCUT2D eigenvalue weighted by atomic mass is 16.5. The van der Waals surface area contributed by atoms with Crippen LogP contribution in [0.25, 0.3) is 11.6 Å². The van der Waals surface area contributed by atoms with Gasteiger partial charge >= 0.3 is 5.97 Å². The lowest BCUT2D eigenvalue weighted by Gasteiger charge is -1.98. The van der Waals surface area contributed by atoms with Gasteiger partial charge in [-0.25, -0.2) is 4.79 Å². The molecule has 1 aromatic carbocycles. The molecule has 0 aliphatic carbocycles. The zero-order chi connectivity index (χ0) is 12.3. The van der Waals surface area contributed by atoms with Crippen molar-refractivity contribution in [3.63, 3.8) is 0 Å². The fourth-order valence-electron chi connectivity index (χ4n) is 1.54. The van der Waals surface area contributed by atoms with E-state index in [1.807, 2.05) is 36.4 Å². The second kappa shape index (κ2) is 4.65. The molecule has 17 heavy (non-hydrogen) atoms. The normalized spacial score (nSPS) is 11.5. The van der Waals surface area contributed by atoms with Crippen LogP contribution in [0.4, 0.5) is 0 Å². The second-order valence-corrected chi connectivity index (χ2v) is 3.61. The van der Waals surface area contributed by atoms with Crippen LogP contribution in [-0.2, 0) is 0 Å². The second-order valence-electron chi connectivity index (χ2n) is 3.61. The molecule has 0 aliphatic rings. The molecule has 0 unspecified atom stereocenters. The maximum absolute atomic E-state index is 10.9. The standard InChI is InChI=1S/C13H11NO3/c1-9(7-10-5-3-2-4-6-10)12-11(13(15)16)8-14-17-12/h2-8H,1H3,(H,15,16)/b9-7-. The number of hydrogen-bond acceptors (Lipinski definition) is 3. The Balaban J connectivity index is 2.37. The van der Waals surface area contributed by atoms with E-state index in [1.165, 1.54) is 6.20 Å². The predicted molar refractivity (Wildman–Crippen MR) is 63.4 cm³/mol. The van der Waals surface area contributed by atoms with Gasteiger partial charge in [0, 0.05) is 0 Å². The summed E-state index contributed by atoms with van der Waals surface area (Å²) in [6.07, 6.45) is 3.06. The van der Waals surface area contributed by atoms with Crippen molar-refractivity contribution >= 4 is 17.6 Å². The average molecular weight is 229 g/mol. The summed E-state index contributed by atoms with van der Waals surface area (Å²) in [6, 6.07) is 9.61. The third-order valence-electron chi connectivity index (χ3n) is 2.34. The summed E-state index contributed by atoms with van der Waals surface area (Å²) in [5.41, 5.74) is 1.79. The number of carboxylic acid groups (broad SMARTS) is 1. The van der Waals surface area contributed by atoms with E-state index in [0.29, 0.717) is 5.76 Å². The summed E-state index contributed by atoms with van der Waals surface area (Å²) in [4.78, 5) is 10.9. The van der Waals surface area contributed by atoms with E-state index < -0.39 is 5.97 Å². The van der Waals surface area contributed by atoms with Crippen molar-refractivity contribution < 1.29 is 14.4 Å². The maximum Gasteiger partial charge on any atom is 0.341 e. The molecule has 0 fully saturated rings. The molecule has 4 heteroatoms. The zero-order valence-electron chi connectivity index (χ0n) is 9.25. The Morgan fingerprint density at radius 3 is 2.71 bits per heavy atom. The third-order valence-corrected chi connectivity index (χ3v) is 2.34. The molecule has 0 saturated heterocycles. The van der Waals surface area contributed by atoms with E-state index in [9.17, 15) is 4.79 Å². The monoisotopic (exact) mass is 229 g/mol. The number of aromatic nitrogens is 1. The fraction of sp³-hybridized carbons (Fsp3) is 0.0769. The van der Waals surface area contributed by atoms with E-state index in [-0.39, 0.29) is 5.56 Å². The van der Waals surface area contributed by atoms with Crippen LogP contribution in [0.5, 0.6) is 0 Å². The van der Waals surface area contributed by atoms with E-state index >= 15 is 0 Å². The minimum Gasteiger partial charge on any atom is -0.477 e. The van der Waals surface area contributed by atoms with Crippen molar-refractivity contribution in [2.24, 2.45) is 0 Å². The number of carbonyl (C=O) groups is 1. The number of aromatic carboxylic acids is 1. The molecule has 0 spiro atoms. The van der Waals surface area contributed by atoms with E-state index in [0.717, 1.165) is 11.1 Å². The number of allylic oxidation sites excluding steroid dienone is 1. The van der Waals surface area contributed by atoms with Gasteiger partial charge in [-0.1, -0.05) is 35.5 Å². The molecule has 0 bridgehead atoms. The van der Waals surface area contributed by atoms with Crippen LogP contribution in [0, 0.1) is 0 Å². The molecule has 0 amide bonds. The molecular formula is C13H11NO3. The van der Waals surface area contributed by atoms with Gasteiger partial charge in [0.25, 0.3) is 0 Å². The van der Waals surface area contributed by atoms with Crippen molar-refractivity contribution in [2.75, 3.05) is 0 Å². The lowest BCUT2D eigenvalue weighted by atomic mass is 10.1. The number of carboxylic acids is 1. The predicted octanol–water partition coefficient (Wildman–Crippen LogP) is 2.93. The molecule has 4 nitrogen and oxygen atoms in total. The van der Waals surface area contributed by atoms with E-state index in [4.69, 9.17) is 9.63 Å². The van der Waals surface area contributed by atoms with Crippen LogP contribution in [0.1, 0.15) is 28.6 Å². The van der Waals surface area contributed by atoms with Gasteiger partial charge in [-0.2, -0.15) is 0 Å². The highest BCUT2D eigenvalue weighted by Crippen LogP contribution is 2.21. The van der Waals surface area contributed by atoms with Crippen molar-refractivity contribution in [3.8, 4) is 0 Å². The minimum absolute atomic E-state index is 0.0784. The summed E-state index contributed by atoms with van der Waals surface area (Å²) in [7, 11) is 0. The van der Waals surface area contributed by atoms with E-state index in [2.05, 4.69) is 5.16 Å². The quantitative estimate of drug-likeness (QED) is 0.878. The first kappa shape index (κ1) is 11.1. The summed E-state index contributed by atoms with van der Waals surface area (Å²) >= 11 is 0. The Morgan fingerprint density at radius 1 is 1.35 bits per heavy atom. The molecule has 0 saturated carbocycles. The van der Waals surface area contributed by atoms with Crippen molar-refractivity contribution in [1.82, 2.24) is 5.16 Å². The first-order chi connectivity index (χ1) is 8.18. The molecule has 1 aromatic heterocycles. The summed E-state index contributed by atoms with van der Waals surface area (Å²) in [5.74, 6) is -0.747. The van der Waals surface area contributed by atoms with Crippen LogP contribution in [-0.4, -0.2) is 16.2 Å². The van der Waals surface area contributed by atoms with Crippen LogP contribution in [0.3, 0.4) is 0 Å². The van der Waals surface area contributed by atoms with Gasteiger partial charge < -0.3 is 9.63 Å². The van der Waals surface area contributed by atoms with Gasteiger partial charge in [0.1, 0.15) is 5.56 Å². The van der Waals surface area contributed by atoms with Gasteiger partial charge in [-0.3, -0.25) is 0 Å². The largest absolute Gasteiger partial charge is 0.477 e. The molecule has 1 heterocycles. The summed E-state index contributed by atoms with van der Waals surface area (Å²) in [6.45, 7) is 1.79. The Kier molecular flexibility index (Phi) is 3.05. The number of nitrogens with zero attached hydrogens (tertiary/aromatic N) is 1. The van der Waals surface area contributed by atoms with Crippen LogP contribution < -0.4 is 0 Å². The SMILES string of the molecule is C/C(=C/c1ccccc1)c1oncc1C(=O)O. The Morgan fingerprint density at radius 2 is 2.06 bits per heavy atom. The molecule has 86 valence electrons. The van der Waals surface area contributed by atoms with Crippen LogP contribution >= 0.6 is 0 Å². The van der Waals surface area contributed by atoms with Gasteiger partial charge in [0.05, 0.1) is 6.20 Å². The lowest BCUT2D eigenvalue weighted by molar-refractivity contribution is 0.0695. The fourth-order valence-corrected chi connectivity index (χ4v) is 1.54. The van der Waals surface area contributed by atoms with Gasteiger partial charge in [0.2, 0.25) is 0 Å². The highest BCUT2D eigenvalue weighted by molar-refractivity contribution is 5.94. The minimum atomic E-state index is -1.04. The lowest BCUT2D eigenvalue weighted by Crippen LogP contribution is -1.97. The maximum atomic E-state index is 10.9. The average Bonchev–Trinajstić information content (AvgIpc) is 2.79.